The highest BCUT2D eigenvalue weighted by Gasteiger charge is 2.09. The molecule has 0 radical (unpaired) electrons. The van der Waals surface area contributed by atoms with Crippen molar-refractivity contribution in [1.82, 2.24) is 0 Å². The molecule has 1 aliphatic carbocycles. The number of methoxy groups -OCH3 is 1. The van der Waals surface area contributed by atoms with Crippen LogP contribution < -0.4 is 0 Å². The standard InChI is InChI=1S/C13H22O2/c1-15-13(14)12-10-8-6-4-2-3-5-7-9-11-12/h10H,2-9,11H2,1H3. The summed E-state index contributed by atoms with van der Waals surface area (Å²) in [4.78, 5) is 11.4. The second-order valence-electron chi connectivity index (χ2n) is 4.23. The first-order valence-electron chi connectivity index (χ1n) is 6.12. The number of ether oxygens (including phenoxy) is 1. The molecule has 1 rings (SSSR count). The van der Waals surface area contributed by atoms with Crippen LogP contribution in [0.4, 0.5) is 0 Å². The van der Waals surface area contributed by atoms with E-state index < -0.39 is 0 Å². The fourth-order valence-corrected chi connectivity index (χ4v) is 2.04. The van der Waals surface area contributed by atoms with E-state index in [0.29, 0.717) is 0 Å². The van der Waals surface area contributed by atoms with Gasteiger partial charge in [-0.05, 0) is 25.7 Å². The molecule has 0 aromatic carbocycles. The molecule has 0 atom stereocenters. The summed E-state index contributed by atoms with van der Waals surface area (Å²) >= 11 is 0. The molecular weight excluding hydrogens is 188 g/mol. The summed E-state index contributed by atoms with van der Waals surface area (Å²) in [6.45, 7) is 0. The zero-order valence-electron chi connectivity index (χ0n) is 9.76. The van der Waals surface area contributed by atoms with Crippen LogP contribution in [0.25, 0.3) is 0 Å². The first-order chi connectivity index (χ1) is 7.34. The van der Waals surface area contributed by atoms with E-state index in [1.165, 1.54) is 45.6 Å². The second-order valence-corrected chi connectivity index (χ2v) is 4.23. The van der Waals surface area contributed by atoms with Crippen molar-refractivity contribution in [3.63, 3.8) is 0 Å². The third-order valence-corrected chi connectivity index (χ3v) is 2.99. The highest BCUT2D eigenvalue weighted by Crippen LogP contribution is 2.17. The van der Waals surface area contributed by atoms with Crippen molar-refractivity contribution in [2.75, 3.05) is 7.11 Å². The first kappa shape index (κ1) is 12.3. The van der Waals surface area contributed by atoms with Crippen LogP contribution in [0.15, 0.2) is 11.6 Å². The number of rotatable bonds is 1. The van der Waals surface area contributed by atoms with Gasteiger partial charge in [-0.3, -0.25) is 0 Å². The molecule has 86 valence electrons. The largest absolute Gasteiger partial charge is 0.466 e. The molecule has 0 amide bonds. The van der Waals surface area contributed by atoms with E-state index >= 15 is 0 Å². The van der Waals surface area contributed by atoms with E-state index in [9.17, 15) is 4.79 Å². The van der Waals surface area contributed by atoms with E-state index in [1.807, 2.05) is 0 Å². The Morgan fingerprint density at radius 3 is 2.33 bits per heavy atom. The zero-order valence-corrected chi connectivity index (χ0v) is 9.76. The van der Waals surface area contributed by atoms with E-state index in [1.54, 1.807) is 0 Å². The molecule has 0 bridgehead atoms. The zero-order chi connectivity index (χ0) is 10.9. The molecule has 0 heterocycles. The summed E-state index contributed by atoms with van der Waals surface area (Å²) in [5, 5.41) is 0. The first-order valence-corrected chi connectivity index (χ1v) is 6.12. The molecule has 2 nitrogen and oxygen atoms in total. The maximum Gasteiger partial charge on any atom is 0.333 e. The molecule has 0 spiro atoms. The molecule has 15 heavy (non-hydrogen) atoms. The highest BCUT2D eigenvalue weighted by atomic mass is 16.5. The topological polar surface area (TPSA) is 26.3 Å². The van der Waals surface area contributed by atoms with Gasteiger partial charge >= 0.3 is 5.97 Å². The quantitative estimate of drug-likeness (QED) is 0.618. The van der Waals surface area contributed by atoms with Gasteiger partial charge in [-0.25, -0.2) is 4.79 Å². The minimum atomic E-state index is -0.130. The monoisotopic (exact) mass is 210 g/mol. The SMILES string of the molecule is COC(=O)C1=CCCCCCCCCC1. The number of hydrogen-bond donors (Lipinski definition) is 0. The Morgan fingerprint density at radius 1 is 1.07 bits per heavy atom. The predicted molar refractivity (Wildman–Crippen MR) is 61.7 cm³/mol. The van der Waals surface area contributed by atoms with Crippen molar-refractivity contribution in [3.8, 4) is 0 Å². The van der Waals surface area contributed by atoms with Crippen molar-refractivity contribution >= 4 is 5.97 Å². The average molecular weight is 210 g/mol. The molecule has 0 aromatic heterocycles. The van der Waals surface area contributed by atoms with Gasteiger partial charge in [-0.1, -0.05) is 38.2 Å². The lowest BCUT2D eigenvalue weighted by atomic mass is 10.1. The van der Waals surface area contributed by atoms with Gasteiger partial charge in [-0.15, -0.1) is 0 Å². The third-order valence-electron chi connectivity index (χ3n) is 2.99. The summed E-state index contributed by atoms with van der Waals surface area (Å²) in [6, 6.07) is 0. The van der Waals surface area contributed by atoms with E-state index in [4.69, 9.17) is 4.74 Å². The lowest BCUT2D eigenvalue weighted by molar-refractivity contribution is -0.136. The van der Waals surface area contributed by atoms with Gasteiger partial charge in [-0.2, -0.15) is 0 Å². The third kappa shape index (κ3) is 5.01. The molecule has 0 N–H and O–H groups in total. The molecule has 0 unspecified atom stereocenters. The van der Waals surface area contributed by atoms with Crippen LogP contribution in [0.3, 0.4) is 0 Å². The summed E-state index contributed by atoms with van der Waals surface area (Å²) in [6.07, 6.45) is 12.9. The van der Waals surface area contributed by atoms with Crippen LogP contribution in [0.2, 0.25) is 0 Å². The Labute approximate surface area is 92.7 Å². The van der Waals surface area contributed by atoms with Gasteiger partial charge in [0.15, 0.2) is 0 Å². The van der Waals surface area contributed by atoms with Gasteiger partial charge in [0, 0.05) is 5.57 Å². The van der Waals surface area contributed by atoms with Crippen LogP contribution >= 0.6 is 0 Å². The van der Waals surface area contributed by atoms with Gasteiger partial charge < -0.3 is 4.74 Å². The fraction of sp³-hybridized carbons (Fsp3) is 0.769. The average Bonchev–Trinajstić information content (AvgIpc) is 2.32. The molecule has 1 aliphatic rings. The van der Waals surface area contributed by atoms with E-state index in [-0.39, 0.29) is 5.97 Å². The van der Waals surface area contributed by atoms with Crippen LogP contribution in [0.5, 0.6) is 0 Å². The van der Waals surface area contributed by atoms with E-state index in [2.05, 4.69) is 6.08 Å². The lowest BCUT2D eigenvalue weighted by Crippen LogP contribution is -2.04. The highest BCUT2D eigenvalue weighted by molar-refractivity contribution is 5.88. The number of carbonyl (C=O) groups excluding carboxylic acids is 1. The van der Waals surface area contributed by atoms with Crippen molar-refractivity contribution in [2.45, 2.75) is 57.8 Å². The van der Waals surface area contributed by atoms with Crippen LogP contribution in [0, 0.1) is 0 Å². The number of hydrogen-bond acceptors (Lipinski definition) is 2. The summed E-state index contributed by atoms with van der Waals surface area (Å²) < 4.78 is 4.78. The van der Waals surface area contributed by atoms with Gasteiger partial charge in [0.2, 0.25) is 0 Å². The minimum Gasteiger partial charge on any atom is -0.466 e. The number of esters is 1. The minimum absolute atomic E-state index is 0.130. The number of carbonyl (C=O) groups is 1. The van der Waals surface area contributed by atoms with Crippen LogP contribution in [0.1, 0.15) is 57.8 Å². The molecule has 0 saturated carbocycles. The molecule has 0 aromatic rings. The van der Waals surface area contributed by atoms with Crippen molar-refractivity contribution in [3.05, 3.63) is 11.6 Å². The Hall–Kier alpha value is -0.790. The lowest BCUT2D eigenvalue weighted by Gasteiger charge is -2.04. The fourth-order valence-electron chi connectivity index (χ4n) is 2.04. The molecule has 0 saturated heterocycles. The molecule has 0 aliphatic heterocycles. The van der Waals surface area contributed by atoms with E-state index in [0.717, 1.165) is 24.8 Å². The van der Waals surface area contributed by atoms with Crippen LogP contribution in [-0.2, 0) is 9.53 Å². The smallest absolute Gasteiger partial charge is 0.333 e. The Morgan fingerprint density at radius 2 is 1.67 bits per heavy atom. The Kier molecular flexibility index (Phi) is 6.14. The van der Waals surface area contributed by atoms with Gasteiger partial charge in [0.25, 0.3) is 0 Å². The number of allylic oxidation sites excluding steroid dienone is 1. The maximum absolute atomic E-state index is 11.4. The van der Waals surface area contributed by atoms with Gasteiger partial charge in [0.1, 0.15) is 0 Å². The molecular formula is C13H22O2. The van der Waals surface area contributed by atoms with Crippen molar-refractivity contribution in [1.29, 1.82) is 0 Å². The summed E-state index contributed by atoms with van der Waals surface area (Å²) in [5.41, 5.74) is 0.888. The van der Waals surface area contributed by atoms with Crippen LogP contribution in [-0.4, -0.2) is 13.1 Å². The van der Waals surface area contributed by atoms with Crippen molar-refractivity contribution in [2.24, 2.45) is 0 Å². The molecule has 0 fully saturated rings. The maximum atomic E-state index is 11.4. The summed E-state index contributed by atoms with van der Waals surface area (Å²) in [5.74, 6) is -0.130. The molecule has 2 heteroatoms. The Balaban J connectivity index is 2.48. The predicted octanol–water partition coefficient (Wildman–Crippen LogP) is 3.61. The van der Waals surface area contributed by atoms with Gasteiger partial charge in [0.05, 0.1) is 7.11 Å². The summed E-state index contributed by atoms with van der Waals surface area (Å²) in [7, 11) is 1.47. The normalized spacial score (nSPS) is 19.9. The Bertz CT molecular complexity index is 219. The second kappa shape index (κ2) is 7.49. The van der Waals surface area contributed by atoms with Crippen molar-refractivity contribution < 1.29 is 9.53 Å².